The van der Waals surface area contributed by atoms with Crippen molar-refractivity contribution in [2.75, 3.05) is 13.2 Å². The van der Waals surface area contributed by atoms with Gasteiger partial charge in [0.1, 0.15) is 6.54 Å². The van der Waals surface area contributed by atoms with E-state index in [2.05, 4.69) is 15.4 Å². The lowest BCUT2D eigenvalue weighted by atomic mass is 10.2. The maximum atomic E-state index is 11.2. The van der Waals surface area contributed by atoms with E-state index >= 15 is 0 Å². The zero-order chi connectivity index (χ0) is 12.6. The lowest BCUT2D eigenvalue weighted by Gasteiger charge is -2.12. The molecule has 92 valence electrons. The molecule has 7 heteroatoms. The zero-order valence-electron chi connectivity index (χ0n) is 9.41. The van der Waals surface area contributed by atoms with Crippen LogP contribution in [0.5, 0.6) is 0 Å². The minimum atomic E-state index is -0.540. The van der Waals surface area contributed by atoms with E-state index in [1.54, 1.807) is 13.8 Å². The number of nitrogens with two attached hydrogens (primary N) is 1. The first kappa shape index (κ1) is 14.2. The van der Waals surface area contributed by atoms with Crippen LogP contribution < -0.4 is 16.4 Å². The Morgan fingerprint density at radius 2 is 2.00 bits per heavy atom. The predicted octanol–water partition coefficient (Wildman–Crippen LogP) is -0.887. The van der Waals surface area contributed by atoms with Gasteiger partial charge in [0.15, 0.2) is 0 Å². The third-order valence-corrected chi connectivity index (χ3v) is 1.58. The van der Waals surface area contributed by atoms with Gasteiger partial charge in [-0.25, -0.2) is 4.79 Å². The summed E-state index contributed by atoms with van der Waals surface area (Å²) in [4.78, 5) is 32.6. The summed E-state index contributed by atoms with van der Waals surface area (Å²) in [5.41, 5.74) is 4.95. The lowest BCUT2D eigenvalue weighted by Crippen LogP contribution is -2.44. The maximum absolute atomic E-state index is 11.2. The molecule has 0 aliphatic heterocycles. The Labute approximate surface area is 93.7 Å². The van der Waals surface area contributed by atoms with Crippen molar-refractivity contribution >= 4 is 17.9 Å². The van der Waals surface area contributed by atoms with Crippen LogP contribution in [0.4, 0.5) is 4.79 Å². The second-order valence-corrected chi connectivity index (χ2v) is 3.20. The third kappa shape index (κ3) is 7.60. The van der Waals surface area contributed by atoms with E-state index in [9.17, 15) is 14.4 Å². The number of esters is 1. The first-order chi connectivity index (χ1) is 7.45. The molecular formula is C9H17N3O4. The summed E-state index contributed by atoms with van der Waals surface area (Å²) in [6.07, 6.45) is 0.0484. The van der Waals surface area contributed by atoms with Crippen LogP contribution in [0, 0.1) is 0 Å². The van der Waals surface area contributed by atoms with E-state index in [1.165, 1.54) is 0 Å². The van der Waals surface area contributed by atoms with Gasteiger partial charge < -0.3 is 21.1 Å². The standard InChI is InChI=1S/C9H17N3O4/c1-3-16-8(14)5-11-9(15)12-6(2)4-7(10)13/h6H,3-5H2,1-2H3,(H2,10,13)(H2,11,12,15). The molecule has 16 heavy (non-hydrogen) atoms. The second-order valence-electron chi connectivity index (χ2n) is 3.20. The maximum Gasteiger partial charge on any atom is 0.325 e. The number of urea groups is 1. The highest BCUT2D eigenvalue weighted by Crippen LogP contribution is 1.88. The minimum Gasteiger partial charge on any atom is -0.465 e. The molecule has 0 heterocycles. The molecule has 0 aliphatic rings. The van der Waals surface area contributed by atoms with Gasteiger partial charge in [0.05, 0.1) is 6.61 Å². The fraction of sp³-hybridized carbons (Fsp3) is 0.667. The van der Waals surface area contributed by atoms with Crippen molar-refractivity contribution in [2.45, 2.75) is 26.3 Å². The molecule has 0 aromatic heterocycles. The van der Waals surface area contributed by atoms with E-state index in [0.717, 1.165) is 0 Å². The van der Waals surface area contributed by atoms with Crippen molar-refractivity contribution in [1.82, 2.24) is 10.6 Å². The highest BCUT2D eigenvalue weighted by Gasteiger charge is 2.10. The van der Waals surface area contributed by atoms with Gasteiger partial charge >= 0.3 is 12.0 Å². The van der Waals surface area contributed by atoms with E-state index < -0.39 is 17.9 Å². The van der Waals surface area contributed by atoms with E-state index in [-0.39, 0.29) is 25.6 Å². The fourth-order valence-corrected chi connectivity index (χ4v) is 0.992. The number of rotatable bonds is 6. The molecule has 0 rings (SSSR count). The fourth-order valence-electron chi connectivity index (χ4n) is 0.992. The van der Waals surface area contributed by atoms with Crippen molar-refractivity contribution in [1.29, 1.82) is 0 Å². The Morgan fingerprint density at radius 1 is 1.38 bits per heavy atom. The second kappa shape index (κ2) is 7.49. The summed E-state index contributed by atoms with van der Waals surface area (Å²) in [6, 6.07) is -0.915. The number of amides is 3. The zero-order valence-corrected chi connectivity index (χ0v) is 9.41. The van der Waals surface area contributed by atoms with Crippen LogP contribution >= 0.6 is 0 Å². The molecule has 1 atom stereocenters. The molecule has 0 radical (unpaired) electrons. The van der Waals surface area contributed by atoms with Gasteiger partial charge in [0.25, 0.3) is 0 Å². The highest BCUT2D eigenvalue weighted by molar-refractivity contribution is 5.81. The number of carbonyl (C=O) groups excluding carboxylic acids is 3. The third-order valence-electron chi connectivity index (χ3n) is 1.58. The number of ether oxygens (including phenoxy) is 1. The summed E-state index contributed by atoms with van der Waals surface area (Å²) >= 11 is 0. The molecule has 4 N–H and O–H groups in total. The Balaban J connectivity index is 3.73. The molecule has 0 aromatic carbocycles. The molecule has 1 unspecified atom stereocenters. The van der Waals surface area contributed by atoms with Crippen molar-refractivity contribution in [3.63, 3.8) is 0 Å². The van der Waals surface area contributed by atoms with E-state index in [1.807, 2.05) is 0 Å². The smallest absolute Gasteiger partial charge is 0.325 e. The molecule has 0 fully saturated rings. The summed E-state index contributed by atoms with van der Waals surface area (Å²) in [7, 11) is 0. The molecule has 3 amide bonds. The average Bonchev–Trinajstić information content (AvgIpc) is 2.13. The molecule has 0 spiro atoms. The van der Waals surface area contributed by atoms with Crippen molar-refractivity contribution in [3.8, 4) is 0 Å². The van der Waals surface area contributed by atoms with Crippen molar-refractivity contribution in [3.05, 3.63) is 0 Å². The van der Waals surface area contributed by atoms with Crippen LogP contribution in [0.1, 0.15) is 20.3 Å². The molecule has 0 bridgehead atoms. The Hall–Kier alpha value is -1.79. The predicted molar refractivity (Wildman–Crippen MR) is 56.4 cm³/mol. The first-order valence-corrected chi connectivity index (χ1v) is 4.94. The molecule has 0 aliphatic carbocycles. The first-order valence-electron chi connectivity index (χ1n) is 4.94. The SMILES string of the molecule is CCOC(=O)CNC(=O)NC(C)CC(N)=O. The van der Waals surface area contributed by atoms with Crippen molar-refractivity contribution < 1.29 is 19.1 Å². The van der Waals surface area contributed by atoms with Crippen LogP contribution in [-0.4, -0.2) is 37.1 Å². The van der Waals surface area contributed by atoms with Gasteiger partial charge in [-0.15, -0.1) is 0 Å². The normalized spacial score (nSPS) is 11.4. The average molecular weight is 231 g/mol. The van der Waals surface area contributed by atoms with Crippen molar-refractivity contribution in [2.24, 2.45) is 5.73 Å². The highest BCUT2D eigenvalue weighted by atomic mass is 16.5. The minimum absolute atomic E-state index is 0.0484. The topological polar surface area (TPSA) is 111 Å². The monoisotopic (exact) mass is 231 g/mol. The number of hydrogen-bond acceptors (Lipinski definition) is 4. The summed E-state index contributed by atoms with van der Waals surface area (Å²) in [5, 5.41) is 4.74. The number of nitrogens with one attached hydrogen (secondary N) is 2. The summed E-state index contributed by atoms with van der Waals surface area (Å²) in [6.45, 7) is 3.37. The number of hydrogen-bond donors (Lipinski definition) is 3. The van der Waals surface area contributed by atoms with E-state index in [0.29, 0.717) is 0 Å². The van der Waals surface area contributed by atoms with Gasteiger partial charge in [-0.1, -0.05) is 0 Å². The van der Waals surface area contributed by atoms with Gasteiger partial charge in [-0.05, 0) is 13.8 Å². The Morgan fingerprint density at radius 3 is 2.50 bits per heavy atom. The summed E-state index contributed by atoms with van der Waals surface area (Å²) in [5.74, 6) is -1.02. The summed E-state index contributed by atoms with van der Waals surface area (Å²) < 4.78 is 4.61. The lowest BCUT2D eigenvalue weighted by molar-refractivity contribution is -0.141. The van der Waals surface area contributed by atoms with Crippen LogP contribution in [0.25, 0.3) is 0 Å². The van der Waals surface area contributed by atoms with Crippen LogP contribution in [-0.2, 0) is 14.3 Å². The van der Waals surface area contributed by atoms with Crippen LogP contribution in [0.3, 0.4) is 0 Å². The largest absolute Gasteiger partial charge is 0.465 e. The van der Waals surface area contributed by atoms with Gasteiger partial charge in [0.2, 0.25) is 5.91 Å². The Bertz CT molecular complexity index is 267. The molecule has 0 aromatic rings. The Kier molecular flexibility index (Phi) is 6.66. The van der Waals surface area contributed by atoms with Gasteiger partial charge in [-0.3, -0.25) is 9.59 Å². The molecule has 0 saturated heterocycles. The van der Waals surface area contributed by atoms with E-state index in [4.69, 9.17) is 5.73 Å². The number of primary amides is 1. The molecular weight excluding hydrogens is 214 g/mol. The molecule has 7 nitrogen and oxygen atoms in total. The number of carbonyl (C=O) groups is 3. The van der Waals surface area contributed by atoms with Gasteiger partial charge in [-0.2, -0.15) is 0 Å². The van der Waals surface area contributed by atoms with Crippen LogP contribution in [0.2, 0.25) is 0 Å². The quantitative estimate of drug-likeness (QED) is 0.515. The van der Waals surface area contributed by atoms with Crippen LogP contribution in [0.15, 0.2) is 0 Å². The molecule has 0 saturated carbocycles. The van der Waals surface area contributed by atoms with Gasteiger partial charge in [0, 0.05) is 12.5 Å².